The molecule has 0 fully saturated rings. The molecule has 1 aromatic rings. The number of alkyl halides is 1. The van der Waals surface area contributed by atoms with Crippen LogP contribution in [0, 0.1) is 0 Å². The van der Waals surface area contributed by atoms with Crippen LogP contribution in [-0.2, 0) is 0 Å². The van der Waals surface area contributed by atoms with Gasteiger partial charge in [-0.2, -0.15) is 0 Å². The SMILES string of the molecule is CC(=O)c1cc(C(O)C(O)CCBr)cs1. The third kappa shape index (κ3) is 3.38. The molecule has 0 spiro atoms. The predicted molar refractivity (Wildman–Crippen MR) is 63.7 cm³/mol. The largest absolute Gasteiger partial charge is 0.390 e. The van der Waals surface area contributed by atoms with Gasteiger partial charge in [0, 0.05) is 5.33 Å². The summed E-state index contributed by atoms with van der Waals surface area (Å²) in [5.41, 5.74) is 0.610. The van der Waals surface area contributed by atoms with Crippen LogP contribution in [0.4, 0.5) is 0 Å². The minimum Gasteiger partial charge on any atom is -0.390 e. The summed E-state index contributed by atoms with van der Waals surface area (Å²) >= 11 is 4.49. The molecule has 0 saturated heterocycles. The number of aliphatic hydroxyl groups excluding tert-OH is 2. The maximum absolute atomic E-state index is 11.0. The molecule has 15 heavy (non-hydrogen) atoms. The van der Waals surface area contributed by atoms with E-state index in [9.17, 15) is 15.0 Å². The van der Waals surface area contributed by atoms with Crippen LogP contribution in [0.2, 0.25) is 0 Å². The van der Waals surface area contributed by atoms with Crippen molar-refractivity contribution in [2.75, 3.05) is 5.33 Å². The van der Waals surface area contributed by atoms with Gasteiger partial charge in [0.05, 0.1) is 11.0 Å². The summed E-state index contributed by atoms with van der Waals surface area (Å²) in [5, 5.41) is 21.6. The first-order valence-electron chi connectivity index (χ1n) is 4.57. The number of carbonyl (C=O) groups is 1. The summed E-state index contributed by atoms with van der Waals surface area (Å²) in [6.45, 7) is 1.48. The Balaban J connectivity index is 2.73. The van der Waals surface area contributed by atoms with Crippen molar-refractivity contribution in [3.8, 4) is 0 Å². The first-order valence-corrected chi connectivity index (χ1v) is 6.58. The third-order valence-corrected chi connectivity index (χ3v) is 3.58. The van der Waals surface area contributed by atoms with Gasteiger partial charge in [0.15, 0.2) is 5.78 Å². The lowest BCUT2D eigenvalue weighted by Gasteiger charge is -2.15. The molecule has 1 rings (SSSR count). The van der Waals surface area contributed by atoms with Crippen LogP contribution < -0.4 is 0 Å². The van der Waals surface area contributed by atoms with E-state index >= 15 is 0 Å². The Kier molecular flexibility index (Phi) is 4.92. The molecule has 3 nitrogen and oxygen atoms in total. The molecular formula is C10H13BrO3S. The maximum Gasteiger partial charge on any atom is 0.169 e. The second-order valence-electron chi connectivity index (χ2n) is 3.29. The first kappa shape index (κ1) is 12.8. The van der Waals surface area contributed by atoms with Crippen LogP contribution in [0.1, 0.15) is 34.7 Å². The van der Waals surface area contributed by atoms with Gasteiger partial charge in [-0.3, -0.25) is 4.79 Å². The van der Waals surface area contributed by atoms with Crippen LogP contribution in [0.15, 0.2) is 11.4 Å². The molecule has 5 heteroatoms. The van der Waals surface area contributed by atoms with E-state index in [2.05, 4.69) is 15.9 Å². The molecule has 2 unspecified atom stereocenters. The van der Waals surface area contributed by atoms with Gasteiger partial charge in [-0.25, -0.2) is 0 Å². The Morgan fingerprint density at radius 1 is 1.60 bits per heavy atom. The molecule has 2 N–H and O–H groups in total. The van der Waals surface area contributed by atoms with E-state index in [0.29, 0.717) is 22.2 Å². The molecule has 0 aliphatic rings. The van der Waals surface area contributed by atoms with Crippen molar-refractivity contribution in [2.45, 2.75) is 25.6 Å². The lowest BCUT2D eigenvalue weighted by molar-refractivity contribution is 0.0176. The second-order valence-corrected chi connectivity index (χ2v) is 4.99. The fourth-order valence-electron chi connectivity index (χ4n) is 1.18. The van der Waals surface area contributed by atoms with Crippen molar-refractivity contribution >= 4 is 33.0 Å². The average Bonchev–Trinajstić information content (AvgIpc) is 2.65. The number of aliphatic hydroxyl groups is 2. The van der Waals surface area contributed by atoms with E-state index in [0.717, 1.165) is 0 Å². The molecule has 0 amide bonds. The van der Waals surface area contributed by atoms with Crippen LogP contribution in [0.5, 0.6) is 0 Å². The number of ketones is 1. The van der Waals surface area contributed by atoms with Crippen LogP contribution >= 0.6 is 27.3 Å². The van der Waals surface area contributed by atoms with E-state index in [1.165, 1.54) is 18.3 Å². The zero-order chi connectivity index (χ0) is 11.4. The molecule has 0 saturated carbocycles. The zero-order valence-corrected chi connectivity index (χ0v) is 10.7. The average molecular weight is 293 g/mol. The van der Waals surface area contributed by atoms with Gasteiger partial charge < -0.3 is 10.2 Å². The van der Waals surface area contributed by atoms with E-state index in [1.807, 2.05) is 0 Å². The summed E-state index contributed by atoms with van der Waals surface area (Å²) in [7, 11) is 0. The number of thiophene rings is 1. The van der Waals surface area contributed by atoms with Crippen molar-refractivity contribution in [2.24, 2.45) is 0 Å². The minimum absolute atomic E-state index is 0.0200. The van der Waals surface area contributed by atoms with Gasteiger partial charge in [-0.1, -0.05) is 15.9 Å². The van der Waals surface area contributed by atoms with Gasteiger partial charge in [0.25, 0.3) is 0 Å². The third-order valence-electron chi connectivity index (χ3n) is 2.08. The number of hydrogen-bond acceptors (Lipinski definition) is 4. The van der Waals surface area contributed by atoms with Gasteiger partial charge in [-0.05, 0) is 30.4 Å². The highest BCUT2D eigenvalue weighted by Crippen LogP contribution is 2.25. The van der Waals surface area contributed by atoms with Gasteiger partial charge >= 0.3 is 0 Å². The predicted octanol–water partition coefficient (Wildman–Crippen LogP) is 2.13. The Bertz CT molecular complexity index is 337. The molecule has 0 aliphatic heterocycles. The standard InChI is InChI=1S/C10H13BrO3S/c1-6(12)9-4-7(5-15-9)10(14)8(13)2-3-11/h4-5,8,10,13-14H,2-3H2,1H3. The molecule has 84 valence electrons. The summed E-state index contributed by atoms with van der Waals surface area (Å²) in [5.74, 6) is -0.0200. The zero-order valence-electron chi connectivity index (χ0n) is 8.31. The lowest BCUT2D eigenvalue weighted by atomic mass is 10.1. The van der Waals surface area contributed by atoms with E-state index in [-0.39, 0.29) is 5.78 Å². The molecule has 1 aromatic heterocycles. The van der Waals surface area contributed by atoms with Crippen LogP contribution in [0.3, 0.4) is 0 Å². The molecule has 2 atom stereocenters. The van der Waals surface area contributed by atoms with Crippen molar-refractivity contribution < 1.29 is 15.0 Å². The fourth-order valence-corrected chi connectivity index (χ4v) is 2.49. The van der Waals surface area contributed by atoms with E-state index in [4.69, 9.17) is 0 Å². The molecule has 1 heterocycles. The Morgan fingerprint density at radius 3 is 2.73 bits per heavy atom. The van der Waals surface area contributed by atoms with E-state index in [1.54, 1.807) is 11.4 Å². The highest BCUT2D eigenvalue weighted by atomic mass is 79.9. The molecule has 0 radical (unpaired) electrons. The monoisotopic (exact) mass is 292 g/mol. The quantitative estimate of drug-likeness (QED) is 0.646. The van der Waals surface area contributed by atoms with Gasteiger partial charge in [0.2, 0.25) is 0 Å². The van der Waals surface area contributed by atoms with Crippen LogP contribution in [0.25, 0.3) is 0 Å². The molecule has 0 bridgehead atoms. The normalized spacial score (nSPS) is 14.9. The van der Waals surface area contributed by atoms with Crippen molar-refractivity contribution in [1.82, 2.24) is 0 Å². The molecular weight excluding hydrogens is 280 g/mol. The minimum atomic E-state index is -0.910. The number of Topliss-reactive ketones (excluding diaryl/α,β-unsaturated/α-hetero) is 1. The lowest BCUT2D eigenvalue weighted by Crippen LogP contribution is -2.18. The van der Waals surface area contributed by atoms with Gasteiger partial charge in [-0.15, -0.1) is 11.3 Å². The van der Waals surface area contributed by atoms with Crippen molar-refractivity contribution in [1.29, 1.82) is 0 Å². The topological polar surface area (TPSA) is 57.5 Å². The summed E-state index contributed by atoms with van der Waals surface area (Å²) in [6.07, 6.45) is -1.22. The number of hydrogen-bond donors (Lipinski definition) is 2. The Hall–Kier alpha value is -0.230. The summed E-state index contributed by atoms with van der Waals surface area (Å²) in [4.78, 5) is 11.6. The maximum atomic E-state index is 11.0. The second kappa shape index (κ2) is 5.75. The summed E-state index contributed by atoms with van der Waals surface area (Å²) < 4.78 is 0. The Morgan fingerprint density at radius 2 is 2.27 bits per heavy atom. The van der Waals surface area contributed by atoms with Crippen molar-refractivity contribution in [3.63, 3.8) is 0 Å². The molecule has 0 aliphatic carbocycles. The molecule has 0 aromatic carbocycles. The van der Waals surface area contributed by atoms with Crippen LogP contribution in [-0.4, -0.2) is 27.4 Å². The van der Waals surface area contributed by atoms with E-state index < -0.39 is 12.2 Å². The van der Waals surface area contributed by atoms with Crippen molar-refractivity contribution in [3.05, 3.63) is 21.9 Å². The number of rotatable bonds is 5. The Labute approximate surface area is 101 Å². The first-order chi connectivity index (χ1) is 7.06. The smallest absolute Gasteiger partial charge is 0.169 e. The number of halogens is 1. The highest BCUT2D eigenvalue weighted by Gasteiger charge is 2.19. The van der Waals surface area contributed by atoms with Gasteiger partial charge in [0.1, 0.15) is 6.10 Å². The highest BCUT2D eigenvalue weighted by molar-refractivity contribution is 9.09. The summed E-state index contributed by atoms with van der Waals surface area (Å²) in [6, 6.07) is 1.63. The fraction of sp³-hybridized carbons (Fsp3) is 0.500. The number of carbonyl (C=O) groups excluding carboxylic acids is 1.